The minimum Gasteiger partial charge on any atom is -0.487 e. The summed E-state index contributed by atoms with van der Waals surface area (Å²) in [7, 11) is 0. The largest absolute Gasteiger partial charge is 0.487 e. The Morgan fingerprint density at radius 1 is 0.789 bits per heavy atom. The molecule has 5 heteroatoms. The van der Waals surface area contributed by atoms with Crippen LogP contribution in [0.5, 0.6) is 0 Å². The van der Waals surface area contributed by atoms with E-state index in [1.54, 1.807) is 0 Å². The van der Waals surface area contributed by atoms with Crippen LogP contribution < -0.4 is 0 Å². The molecular formula is C33H44ClN3O. The quantitative estimate of drug-likeness (QED) is 0.167. The van der Waals surface area contributed by atoms with E-state index in [0.717, 1.165) is 40.5 Å². The number of aliphatic imine (C=N–C) groups is 1. The average molecular weight is 534 g/mol. The summed E-state index contributed by atoms with van der Waals surface area (Å²) in [5.74, 6) is 0.801. The van der Waals surface area contributed by atoms with Crippen LogP contribution in [0.4, 0.5) is 0 Å². The number of halogens is 1. The first-order chi connectivity index (χ1) is 18.3. The lowest BCUT2D eigenvalue weighted by atomic mass is 10.0. The van der Waals surface area contributed by atoms with E-state index in [4.69, 9.17) is 9.73 Å². The maximum atomic E-state index is 6.20. The van der Waals surface area contributed by atoms with Crippen LogP contribution in [0.25, 0.3) is 6.08 Å². The number of benzene rings is 1. The summed E-state index contributed by atoms with van der Waals surface area (Å²) < 4.78 is 6.20. The molecule has 0 saturated carbocycles. The number of aryl methyl sites for hydroxylation is 1. The van der Waals surface area contributed by atoms with Crippen LogP contribution in [0.3, 0.4) is 0 Å². The summed E-state index contributed by atoms with van der Waals surface area (Å²) in [6, 6.07) is 18.6. The number of nitrogens with one attached hydrogen (secondary N) is 2. The molecule has 0 spiro atoms. The van der Waals surface area contributed by atoms with Crippen molar-refractivity contribution >= 4 is 24.2 Å². The zero-order valence-electron chi connectivity index (χ0n) is 22.9. The highest BCUT2D eigenvalue weighted by Gasteiger charge is 2.18. The Balaban J connectivity index is 0.00000400. The van der Waals surface area contributed by atoms with Crippen LogP contribution in [0.2, 0.25) is 0 Å². The number of hydrogen-bond acceptors (Lipinski definition) is 2. The predicted molar refractivity (Wildman–Crippen MR) is 163 cm³/mol. The van der Waals surface area contributed by atoms with Crippen LogP contribution in [0.1, 0.15) is 100 Å². The Kier molecular flexibility index (Phi) is 13.1. The van der Waals surface area contributed by atoms with Crippen molar-refractivity contribution in [2.75, 3.05) is 0 Å². The molecule has 3 heterocycles. The molecule has 2 N–H and O–H groups in total. The minimum absolute atomic E-state index is 0. The fourth-order valence-electron chi connectivity index (χ4n) is 4.81. The van der Waals surface area contributed by atoms with E-state index in [2.05, 4.69) is 47.2 Å². The van der Waals surface area contributed by atoms with Gasteiger partial charge in [-0.05, 0) is 48.7 Å². The highest BCUT2D eigenvalue weighted by molar-refractivity contribution is 6.11. The second kappa shape index (κ2) is 16.8. The van der Waals surface area contributed by atoms with Gasteiger partial charge in [0.15, 0.2) is 0 Å². The summed E-state index contributed by atoms with van der Waals surface area (Å²) in [6.45, 7) is 2.80. The highest BCUT2D eigenvalue weighted by atomic mass is 35.5. The number of hydrogen-bond donors (Lipinski definition) is 2. The zero-order chi connectivity index (χ0) is 25.5. The van der Waals surface area contributed by atoms with E-state index in [0.29, 0.717) is 6.61 Å². The van der Waals surface area contributed by atoms with E-state index in [1.165, 1.54) is 76.3 Å². The lowest BCUT2D eigenvalue weighted by Crippen LogP contribution is -1.95. The van der Waals surface area contributed by atoms with Crippen molar-refractivity contribution in [2.24, 2.45) is 4.99 Å². The van der Waals surface area contributed by atoms with Gasteiger partial charge in [-0.2, -0.15) is 0 Å². The summed E-state index contributed by atoms with van der Waals surface area (Å²) in [4.78, 5) is 11.7. The first-order valence-corrected chi connectivity index (χ1v) is 14.3. The maximum absolute atomic E-state index is 6.20. The third-order valence-electron chi connectivity index (χ3n) is 6.98. The molecule has 1 aliphatic rings. The molecule has 0 radical (unpaired) electrons. The van der Waals surface area contributed by atoms with Crippen LogP contribution >= 0.6 is 12.4 Å². The standard InChI is InChI=1S/C33H43N3O.ClH/c1-2-3-4-5-6-7-8-9-10-11-15-19-28-21-22-29(35-28)24-32-33(37-26-27-17-13-12-14-18-27)25-31(36-32)30-20-16-23-34-30;/h12-14,16-18,20-25,34-35H,2-11,15,19,26H2,1H3;1H. The van der Waals surface area contributed by atoms with Crippen molar-refractivity contribution in [1.82, 2.24) is 9.97 Å². The normalized spacial score (nSPS) is 13.9. The lowest BCUT2D eigenvalue weighted by molar-refractivity contribution is 0.208. The molecular weight excluding hydrogens is 490 g/mol. The van der Waals surface area contributed by atoms with Gasteiger partial charge in [-0.15, -0.1) is 12.4 Å². The minimum atomic E-state index is 0. The van der Waals surface area contributed by atoms with E-state index in [9.17, 15) is 0 Å². The fraction of sp³-hybridized carbons (Fsp3) is 0.424. The summed E-state index contributed by atoms with van der Waals surface area (Å²) in [6.07, 6.45) is 22.3. The van der Waals surface area contributed by atoms with Crippen molar-refractivity contribution in [3.05, 3.63) is 101 Å². The molecule has 2 aromatic heterocycles. The Morgan fingerprint density at radius 3 is 2.18 bits per heavy atom. The third kappa shape index (κ3) is 9.72. The second-order valence-electron chi connectivity index (χ2n) is 10.1. The maximum Gasteiger partial charge on any atom is 0.147 e. The lowest BCUT2D eigenvalue weighted by Gasteiger charge is -2.08. The van der Waals surface area contributed by atoms with Gasteiger partial charge >= 0.3 is 0 Å². The Hall–Kier alpha value is -2.98. The number of ether oxygens (including phenoxy) is 1. The van der Waals surface area contributed by atoms with Crippen LogP contribution in [-0.2, 0) is 17.8 Å². The second-order valence-corrected chi connectivity index (χ2v) is 10.1. The van der Waals surface area contributed by atoms with Gasteiger partial charge in [-0.1, -0.05) is 101 Å². The van der Waals surface area contributed by atoms with Gasteiger partial charge in [0.2, 0.25) is 0 Å². The first kappa shape index (κ1) is 29.6. The van der Waals surface area contributed by atoms with Gasteiger partial charge in [0.1, 0.15) is 18.1 Å². The van der Waals surface area contributed by atoms with E-state index in [-0.39, 0.29) is 12.4 Å². The molecule has 1 aromatic carbocycles. The Labute approximate surface area is 235 Å². The molecule has 4 rings (SSSR count). The van der Waals surface area contributed by atoms with E-state index in [1.807, 2.05) is 42.6 Å². The molecule has 0 unspecified atom stereocenters. The van der Waals surface area contributed by atoms with Crippen LogP contribution in [0.15, 0.2) is 83.3 Å². The summed E-state index contributed by atoms with van der Waals surface area (Å²) in [5.41, 5.74) is 6.25. The fourth-order valence-corrected chi connectivity index (χ4v) is 4.81. The molecule has 38 heavy (non-hydrogen) atoms. The molecule has 0 aliphatic carbocycles. The number of allylic oxidation sites excluding steroid dienone is 1. The number of rotatable bonds is 17. The monoisotopic (exact) mass is 533 g/mol. The molecule has 0 bridgehead atoms. The Morgan fingerprint density at radius 2 is 1.50 bits per heavy atom. The highest BCUT2D eigenvalue weighted by Crippen LogP contribution is 2.26. The van der Waals surface area contributed by atoms with Gasteiger partial charge in [0, 0.05) is 23.7 Å². The molecule has 0 amide bonds. The van der Waals surface area contributed by atoms with Gasteiger partial charge in [-0.25, -0.2) is 4.99 Å². The molecule has 3 aromatic rings. The van der Waals surface area contributed by atoms with Crippen molar-refractivity contribution in [3.8, 4) is 0 Å². The Bertz CT molecular complexity index is 1140. The van der Waals surface area contributed by atoms with Gasteiger partial charge in [0.25, 0.3) is 0 Å². The number of aromatic amines is 2. The number of H-pyrrole nitrogens is 2. The molecule has 1 aliphatic heterocycles. The van der Waals surface area contributed by atoms with Gasteiger partial charge in [0.05, 0.1) is 11.4 Å². The molecule has 0 atom stereocenters. The first-order valence-electron chi connectivity index (χ1n) is 14.3. The topological polar surface area (TPSA) is 53.2 Å². The summed E-state index contributed by atoms with van der Waals surface area (Å²) in [5, 5.41) is 0. The SMILES string of the molecule is CCCCCCCCCCCCCc1ccc(C=C2N=C(c3ccc[nH]3)C=C2OCc2ccccc2)[nH]1.Cl. The smallest absolute Gasteiger partial charge is 0.147 e. The third-order valence-corrected chi connectivity index (χ3v) is 6.98. The molecule has 204 valence electrons. The summed E-state index contributed by atoms with van der Waals surface area (Å²) >= 11 is 0. The van der Waals surface area contributed by atoms with Crippen molar-refractivity contribution in [2.45, 2.75) is 90.6 Å². The van der Waals surface area contributed by atoms with Gasteiger partial charge in [-0.3, -0.25) is 0 Å². The van der Waals surface area contributed by atoms with E-state index < -0.39 is 0 Å². The number of unbranched alkanes of at least 4 members (excludes halogenated alkanes) is 10. The molecule has 0 saturated heterocycles. The zero-order valence-corrected chi connectivity index (χ0v) is 23.7. The van der Waals surface area contributed by atoms with Crippen LogP contribution in [-0.4, -0.2) is 15.7 Å². The van der Waals surface area contributed by atoms with Gasteiger partial charge < -0.3 is 14.7 Å². The molecule has 0 fully saturated rings. The molecule has 4 nitrogen and oxygen atoms in total. The predicted octanol–water partition coefficient (Wildman–Crippen LogP) is 9.56. The number of nitrogens with zero attached hydrogens (tertiary/aromatic N) is 1. The van der Waals surface area contributed by atoms with Crippen molar-refractivity contribution < 1.29 is 4.74 Å². The number of aromatic nitrogens is 2. The van der Waals surface area contributed by atoms with Crippen molar-refractivity contribution in [3.63, 3.8) is 0 Å². The van der Waals surface area contributed by atoms with Crippen molar-refractivity contribution in [1.29, 1.82) is 0 Å². The van der Waals surface area contributed by atoms with E-state index >= 15 is 0 Å². The average Bonchev–Trinajstić information content (AvgIpc) is 3.69. The van der Waals surface area contributed by atoms with Crippen LogP contribution in [0, 0.1) is 0 Å².